The molecule has 1 atom stereocenters. The number of hydrogen-bond acceptors (Lipinski definition) is 5. The minimum atomic E-state index is -1.26. The molecule has 1 amide bonds. The van der Waals surface area contributed by atoms with E-state index in [0.717, 1.165) is 0 Å². The monoisotopic (exact) mass is 552 g/mol. The first-order valence-corrected chi connectivity index (χ1v) is 12.3. The summed E-state index contributed by atoms with van der Waals surface area (Å²) in [7, 11) is 1.46. The molecule has 194 valence electrons. The largest absolute Gasteiger partial charge is 0.478 e. The van der Waals surface area contributed by atoms with Crippen molar-refractivity contribution in [3.63, 3.8) is 0 Å². The van der Waals surface area contributed by atoms with E-state index in [-0.39, 0.29) is 28.4 Å². The predicted molar refractivity (Wildman–Crippen MR) is 146 cm³/mol. The van der Waals surface area contributed by atoms with E-state index in [1.165, 1.54) is 29.8 Å². The van der Waals surface area contributed by atoms with Crippen LogP contribution < -0.4 is 10.9 Å². The summed E-state index contributed by atoms with van der Waals surface area (Å²) < 4.78 is 6.81. The number of nitrogens with zero attached hydrogens (tertiary/aromatic N) is 1. The van der Waals surface area contributed by atoms with Crippen LogP contribution in [-0.2, 0) is 16.6 Å². The van der Waals surface area contributed by atoms with Crippen LogP contribution in [0.3, 0.4) is 0 Å². The van der Waals surface area contributed by atoms with Crippen molar-refractivity contribution in [2.75, 3.05) is 5.32 Å². The van der Waals surface area contributed by atoms with Crippen LogP contribution in [0.5, 0.6) is 0 Å². The molecule has 0 bridgehead atoms. The molecule has 8 nitrogen and oxygen atoms in total. The summed E-state index contributed by atoms with van der Waals surface area (Å²) in [6, 6.07) is 17.5. The smallest absolute Gasteiger partial charge is 0.356 e. The van der Waals surface area contributed by atoms with Gasteiger partial charge in [0.1, 0.15) is 5.69 Å². The Morgan fingerprint density at radius 2 is 1.66 bits per heavy atom. The highest BCUT2D eigenvalue weighted by Gasteiger charge is 2.28. The first-order chi connectivity index (χ1) is 18.1. The maximum atomic E-state index is 13.6. The van der Waals surface area contributed by atoms with E-state index in [9.17, 15) is 24.3 Å². The summed E-state index contributed by atoms with van der Waals surface area (Å²) in [6.45, 7) is 1.65. The second kappa shape index (κ2) is 11.1. The molecule has 0 radical (unpaired) electrons. The number of carbonyl (C=O) groups excluding carboxylic acids is 2. The van der Waals surface area contributed by atoms with Crippen molar-refractivity contribution >= 4 is 57.5 Å². The number of halogens is 2. The molecule has 2 N–H and O–H groups in total. The zero-order chi connectivity index (χ0) is 27.6. The lowest BCUT2D eigenvalue weighted by Crippen LogP contribution is -2.34. The Kier molecular flexibility index (Phi) is 7.85. The Morgan fingerprint density at radius 1 is 1.00 bits per heavy atom. The van der Waals surface area contributed by atoms with Gasteiger partial charge in [0, 0.05) is 23.0 Å². The van der Waals surface area contributed by atoms with E-state index in [4.69, 9.17) is 27.9 Å². The molecule has 0 aliphatic heterocycles. The van der Waals surface area contributed by atoms with Crippen LogP contribution in [0.4, 0.5) is 5.69 Å². The second-order valence-corrected chi connectivity index (χ2v) is 9.28. The van der Waals surface area contributed by atoms with Gasteiger partial charge < -0.3 is 19.7 Å². The highest BCUT2D eigenvalue weighted by molar-refractivity contribution is 6.34. The number of benzene rings is 3. The van der Waals surface area contributed by atoms with Crippen molar-refractivity contribution in [1.82, 2.24) is 4.57 Å². The van der Waals surface area contributed by atoms with Gasteiger partial charge in [-0.25, -0.2) is 9.59 Å². The molecule has 3 aromatic carbocycles. The van der Waals surface area contributed by atoms with E-state index in [2.05, 4.69) is 5.32 Å². The number of nitrogens with one attached hydrogen (secondary N) is 1. The fraction of sp³-hybridized carbons (Fsp3) is 0.143. The van der Waals surface area contributed by atoms with Crippen LogP contribution in [0.2, 0.25) is 10.0 Å². The molecule has 0 aliphatic rings. The van der Waals surface area contributed by atoms with Gasteiger partial charge in [-0.1, -0.05) is 60.5 Å². The third-order valence-corrected chi connectivity index (χ3v) is 6.60. The van der Waals surface area contributed by atoms with Gasteiger partial charge in [-0.15, -0.1) is 0 Å². The van der Waals surface area contributed by atoms with E-state index < -0.39 is 29.5 Å². The van der Waals surface area contributed by atoms with Crippen LogP contribution in [0.1, 0.15) is 34.2 Å². The molecular formula is C28H22Cl2N2O6. The molecular weight excluding hydrogens is 531 g/mol. The van der Waals surface area contributed by atoms with E-state index in [1.807, 2.05) is 0 Å². The minimum absolute atomic E-state index is 0.0341. The number of esters is 1. The SMILES string of the molecule is CCC(OC(=O)c1c(-c2ccc(Cl)cc2)c2ccccc2c(=O)n1C)C(=O)Nc1cc(C(=O)O)ccc1Cl. The number of carboxylic acid groups (broad SMARTS) is 1. The number of hydrogen-bond donors (Lipinski definition) is 2. The Balaban J connectivity index is 1.74. The van der Waals surface area contributed by atoms with Gasteiger partial charge in [0.25, 0.3) is 11.5 Å². The number of carboxylic acids is 1. The maximum Gasteiger partial charge on any atom is 0.356 e. The lowest BCUT2D eigenvalue weighted by Gasteiger charge is -2.20. The number of aromatic nitrogens is 1. The van der Waals surface area contributed by atoms with Crippen LogP contribution in [0, 0.1) is 0 Å². The summed E-state index contributed by atoms with van der Waals surface area (Å²) in [6.07, 6.45) is -1.15. The molecule has 4 rings (SSSR count). The summed E-state index contributed by atoms with van der Waals surface area (Å²) in [5.74, 6) is -2.78. The van der Waals surface area contributed by atoms with Crippen LogP contribution in [0.15, 0.2) is 71.5 Å². The van der Waals surface area contributed by atoms with Gasteiger partial charge in [0.05, 0.1) is 16.3 Å². The van der Waals surface area contributed by atoms with Crippen molar-refractivity contribution < 1.29 is 24.2 Å². The molecule has 1 heterocycles. The van der Waals surface area contributed by atoms with Gasteiger partial charge in [-0.2, -0.15) is 0 Å². The summed E-state index contributed by atoms with van der Waals surface area (Å²) >= 11 is 12.2. The van der Waals surface area contributed by atoms with E-state index in [0.29, 0.717) is 26.9 Å². The number of anilines is 1. The van der Waals surface area contributed by atoms with Gasteiger partial charge >= 0.3 is 11.9 Å². The first kappa shape index (κ1) is 26.9. The third kappa shape index (κ3) is 5.27. The lowest BCUT2D eigenvalue weighted by molar-refractivity contribution is -0.124. The number of fused-ring (bicyclic) bond motifs is 1. The number of amides is 1. The summed E-state index contributed by atoms with van der Waals surface area (Å²) in [5.41, 5.74) is 0.632. The van der Waals surface area contributed by atoms with Gasteiger partial charge in [0.2, 0.25) is 0 Å². The average molecular weight is 553 g/mol. The Bertz CT molecular complexity index is 1630. The van der Waals surface area contributed by atoms with Crippen LogP contribution >= 0.6 is 23.2 Å². The highest BCUT2D eigenvalue weighted by Crippen LogP contribution is 2.32. The molecule has 1 aromatic heterocycles. The molecule has 0 aliphatic carbocycles. The van der Waals surface area contributed by atoms with Crippen molar-refractivity contribution in [1.29, 1.82) is 0 Å². The number of pyridine rings is 1. The molecule has 0 saturated carbocycles. The molecule has 1 unspecified atom stereocenters. The number of aromatic carboxylic acids is 1. The third-order valence-electron chi connectivity index (χ3n) is 6.01. The fourth-order valence-corrected chi connectivity index (χ4v) is 4.38. The molecule has 0 saturated heterocycles. The zero-order valence-electron chi connectivity index (χ0n) is 20.3. The van der Waals surface area contributed by atoms with Crippen molar-refractivity contribution in [3.05, 3.63) is 98.4 Å². The van der Waals surface area contributed by atoms with Crippen LogP contribution in [-0.4, -0.2) is 33.6 Å². The lowest BCUT2D eigenvalue weighted by atomic mass is 9.96. The zero-order valence-corrected chi connectivity index (χ0v) is 21.8. The molecule has 10 heteroatoms. The quantitative estimate of drug-likeness (QED) is 0.280. The normalized spacial score (nSPS) is 11.7. The highest BCUT2D eigenvalue weighted by atomic mass is 35.5. The number of carbonyl (C=O) groups is 3. The topological polar surface area (TPSA) is 115 Å². The van der Waals surface area contributed by atoms with E-state index in [1.54, 1.807) is 55.5 Å². The molecule has 0 spiro atoms. The minimum Gasteiger partial charge on any atom is -0.478 e. The van der Waals surface area contributed by atoms with Crippen molar-refractivity contribution in [2.45, 2.75) is 19.4 Å². The van der Waals surface area contributed by atoms with Gasteiger partial charge in [-0.3, -0.25) is 9.59 Å². The fourth-order valence-electron chi connectivity index (χ4n) is 4.09. The second-order valence-electron chi connectivity index (χ2n) is 8.43. The Labute approximate surface area is 227 Å². The Hall–Kier alpha value is -4.14. The Morgan fingerprint density at radius 3 is 2.29 bits per heavy atom. The molecule has 38 heavy (non-hydrogen) atoms. The van der Waals surface area contributed by atoms with Crippen molar-refractivity contribution in [3.8, 4) is 11.1 Å². The summed E-state index contributed by atoms with van der Waals surface area (Å²) in [4.78, 5) is 51.0. The molecule has 4 aromatic rings. The van der Waals surface area contributed by atoms with Gasteiger partial charge in [0.15, 0.2) is 6.10 Å². The maximum absolute atomic E-state index is 13.6. The van der Waals surface area contributed by atoms with Crippen molar-refractivity contribution in [2.24, 2.45) is 7.05 Å². The molecule has 0 fully saturated rings. The number of ether oxygens (including phenoxy) is 1. The van der Waals surface area contributed by atoms with Crippen LogP contribution in [0.25, 0.3) is 21.9 Å². The van der Waals surface area contributed by atoms with Gasteiger partial charge in [-0.05, 0) is 53.8 Å². The average Bonchev–Trinajstić information content (AvgIpc) is 2.90. The number of rotatable bonds is 7. The standard InChI is InChI=1S/C28H22Cl2N2O6/c1-3-22(25(33)31-21-14-16(27(35)36)10-13-20(21)30)38-28(37)24-23(15-8-11-17(29)12-9-15)18-6-4-5-7-19(18)26(34)32(24)2/h4-14,22H,3H2,1-2H3,(H,31,33)(H,35,36). The van der Waals surface area contributed by atoms with E-state index >= 15 is 0 Å². The summed E-state index contributed by atoms with van der Waals surface area (Å²) in [5, 5.41) is 13.3. The first-order valence-electron chi connectivity index (χ1n) is 11.5. The predicted octanol–water partition coefficient (Wildman–Crippen LogP) is 5.78.